The van der Waals surface area contributed by atoms with Gasteiger partial charge >= 0.3 is 29.6 Å². The van der Waals surface area contributed by atoms with E-state index < -0.39 is 23.0 Å². The summed E-state index contributed by atoms with van der Waals surface area (Å²) in [7, 11) is 0. The summed E-state index contributed by atoms with van der Waals surface area (Å²) in [5, 5.41) is 9.89. The molecule has 0 aliphatic heterocycles. The molecular formula is C9H5F2NaO2. The van der Waals surface area contributed by atoms with Crippen molar-refractivity contribution in [2.45, 2.75) is 0 Å². The molecule has 0 aliphatic carbocycles. The maximum atomic E-state index is 12.8. The van der Waals surface area contributed by atoms with E-state index in [1.54, 1.807) is 0 Å². The van der Waals surface area contributed by atoms with E-state index in [-0.39, 0.29) is 35.8 Å². The molecule has 0 spiro atoms. The molecule has 5 heteroatoms. The van der Waals surface area contributed by atoms with Gasteiger partial charge in [-0.2, -0.15) is 0 Å². The molecule has 0 radical (unpaired) electrons. The maximum Gasteiger partial charge on any atom is 1.00 e. The number of hydrogen-bond acceptors (Lipinski definition) is 2. The first-order valence-corrected chi connectivity index (χ1v) is 3.43. The largest absolute Gasteiger partial charge is 1.00 e. The summed E-state index contributed by atoms with van der Waals surface area (Å²) >= 11 is 0. The molecule has 0 amide bonds. The van der Waals surface area contributed by atoms with E-state index in [9.17, 15) is 18.7 Å². The average molecular weight is 206 g/mol. The molecule has 0 aliphatic rings. The number of carbonyl (C=O) groups is 1. The Morgan fingerprint density at radius 3 is 2.57 bits per heavy atom. The van der Waals surface area contributed by atoms with E-state index in [0.717, 1.165) is 18.2 Å². The van der Waals surface area contributed by atoms with Crippen LogP contribution in [-0.4, -0.2) is 5.78 Å². The Balaban J connectivity index is 0.00000169. The van der Waals surface area contributed by atoms with Gasteiger partial charge in [-0.3, -0.25) is 4.79 Å². The predicted molar refractivity (Wildman–Crippen MR) is 39.8 cm³/mol. The molecule has 14 heavy (non-hydrogen) atoms. The van der Waals surface area contributed by atoms with Crippen LogP contribution in [0, 0.1) is 11.6 Å². The van der Waals surface area contributed by atoms with Crippen molar-refractivity contribution in [3.05, 3.63) is 47.7 Å². The van der Waals surface area contributed by atoms with Gasteiger partial charge in [-0.25, -0.2) is 8.78 Å². The van der Waals surface area contributed by atoms with Crippen LogP contribution in [0.2, 0.25) is 0 Å². The van der Waals surface area contributed by atoms with Crippen LogP contribution in [0.15, 0.2) is 30.5 Å². The van der Waals surface area contributed by atoms with Gasteiger partial charge in [-0.1, -0.05) is 0 Å². The molecule has 0 heterocycles. The molecule has 0 aromatic heterocycles. The second kappa shape index (κ2) is 5.90. The molecule has 1 aromatic rings. The molecule has 0 saturated carbocycles. The fourth-order valence-electron chi connectivity index (χ4n) is 0.838. The van der Waals surface area contributed by atoms with Crippen LogP contribution in [0.25, 0.3) is 0 Å². The van der Waals surface area contributed by atoms with Gasteiger partial charge in [0.05, 0.1) is 5.56 Å². The van der Waals surface area contributed by atoms with E-state index in [1.807, 2.05) is 0 Å². The minimum Gasteiger partial charge on any atom is -0.878 e. The zero-order chi connectivity index (χ0) is 9.84. The Hall–Kier alpha value is -0.710. The number of carbonyl (C=O) groups excluding carboxylic acids is 1. The van der Waals surface area contributed by atoms with Crippen LogP contribution >= 0.6 is 0 Å². The van der Waals surface area contributed by atoms with E-state index >= 15 is 0 Å². The van der Waals surface area contributed by atoms with Gasteiger partial charge in [0, 0.05) is 0 Å². The Morgan fingerprint density at radius 2 is 2.00 bits per heavy atom. The van der Waals surface area contributed by atoms with Crippen LogP contribution in [0.4, 0.5) is 8.78 Å². The van der Waals surface area contributed by atoms with Gasteiger partial charge in [0.25, 0.3) is 0 Å². The van der Waals surface area contributed by atoms with Crippen LogP contribution in [-0.2, 0) is 0 Å². The van der Waals surface area contributed by atoms with E-state index in [2.05, 4.69) is 0 Å². The van der Waals surface area contributed by atoms with Gasteiger partial charge in [0.15, 0.2) is 5.78 Å². The third-order valence-corrected chi connectivity index (χ3v) is 1.41. The van der Waals surface area contributed by atoms with Gasteiger partial charge in [0.2, 0.25) is 0 Å². The molecule has 68 valence electrons. The summed E-state index contributed by atoms with van der Waals surface area (Å²) < 4.78 is 25.3. The standard InChI is InChI=1S/C9H6F2O2.Na/c10-6-1-2-8(11)7(5-6)9(13)3-4-12;/h1-5,12H;/q;+1/p-1. The van der Waals surface area contributed by atoms with Gasteiger partial charge in [-0.05, 0) is 24.3 Å². The van der Waals surface area contributed by atoms with Crippen molar-refractivity contribution in [3.8, 4) is 0 Å². The Bertz CT molecular complexity index is 364. The van der Waals surface area contributed by atoms with Crippen molar-refractivity contribution in [3.63, 3.8) is 0 Å². The number of hydrogen-bond donors (Lipinski definition) is 0. The minimum atomic E-state index is -0.843. The summed E-state index contributed by atoms with van der Waals surface area (Å²) in [6.07, 6.45) is 0.866. The number of ketones is 1. The third-order valence-electron chi connectivity index (χ3n) is 1.41. The summed E-state index contributed by atoms with van der Waals surface area (Å²) in [5.41, 5.74) is -0.438. The summed E-state index contributed by atoms with van der Waals surface area (Å²) in [4.78, 5) is 10.9. The Morgan fingerprint density at radius 1 is 1.36 bits per heavy atom. The molecule has 0 saturated heterocycles. The van der Waals surface area contributed by atoms with Gasteiger partial charge < -0.3 is 5.11 Å². The molecule has 1 aromatic carbocycles. The SMILES string of the molecule is O=C(C=C[O-])c1cc(F)ccc1F.[Na+]. The number of halogens is 2. The quantitative estimate of drug-likeness (QED) is 0.243. The second-order valence-corrected chi connectivity index (χ2v) is 2.29. The summed E-state index contributed by atoms with van der Waals surface area (Å²) in [5.74, 6) is -2.40. The molecule has 0 fully saturated rings. The number of allylic oxidation sites excluding steroid dienone is 1. The van der Waals surface area contributed by atoms with Crippen LogP contribution in [0.5, 0.6) is 0 Å². The zero-order valence-electron chi connectivity index (χ0n) is 7.46. The van der Waals surface area contributed by atoms with Crippen molar-refractivity contribution in [1.29, 1.82) is 0 Å². The normalized spacial score (nSPS) is 9.86. The van der Waals surface area contributed by atoms with E-state index in [4.69, 9.17) is 0 Å². The smallest absolute Gasteiger partial charge is 0.878 e. The van der Waals surface area contributed by atoms with Crippen molar-refractivity contribution in [2.24, 2.45) is 0 Å². The first-order valence-electron chi connectivity index (χ1n) is 3.43. The second-order valence-electron chi connectivity index (χ2n) is 2.29. The Labute approximate surface area is 102 Å². The third kappa shape index (κ3) is 3.21. The predicted octanol–water partition coefficient (Wildman–Crippen LogP) is -1.97. The van der Waals surface area contributed by atoms with Crippen LogP contribution < -0.4 is 34.7 Å². The molecule has 0 bridgehead atoms. The van der Waals surface area contributed by atoms with Gasteiger partial charge in [-0.15, -0.1) is 6.26 Å². The first kappa shape index (κ1) is 13.3. The fraction of sp³-hybridized carbons (Fsp3) is 0. The van der Waals surface area contributed by atoms with Crippen LogP contribution in [0.1, 0.15) is 10.4 Å². The fourth-order valence-corrected chi connectivity index (χ4v) is 0.838. The van der Waals surface area contributed by atoms with Crippen molar-refractivity contribution < 1.29 is 48.2 Å². The monoisotopic (exact) mass is 206 g/mol. The van der Waals surface area contributed by atoms with Crippen molar-refractivity contribution in [2.75, 3.05) is 0 Å². The molecule has 0 N–H and O–H groups in total. The molecule has 1 rings (SSSR count). The molecule has 0 unspecified atom stereocenters. The Kier molecular flexibility index (Phi) is 5.60. The van der Waals surface area contributed by atoms with E-state index in [1.165, 1.54) is 0 Å². The summed E-state index contributed by atoms with van der Waals surface area (Å²) in [6.45, 7) is 0. The molecule has 2 nitrogen and oxygen atoms in total. The van der Waals surface area contributed by atoms with Crippen molar-refractivity contribution in [1.82, 2.24) is 0 Å². The number of rotatable bonds is 2. The summed E-state index contributed by atoms with van der Waals surface area (Å²) in [6, 6.07) is 2.48. The average Bonchev–Trinajstić information content (AvgIpc) is 2.09. The maximum absolute atomic E-state index is 12.8. The van der Waals surface area contributed by atoms with Crippen molar-refractivity contribution >= 4 is 5.78 Å². The minimum absolute atomic E-state index is 0. The topological polar surface area (TPSA) is 40.1 Å². The first-order chi connectivity index (χ1) is 6.15. The van der Waals surface area contributed by atoms with Gasteiger partial charge in [0.1, 0.15) is 11.6 Å². The van der Waals surface area contributed by atoms with Crippen LogP contribution in [0.3, 0.4) is 0 Å². The van der Waals surface area contributed by atoms with E-state index in [0.29, 0.717) is 6.08 Å². The molecule has 0 atom stereocenters. The number of benzene rings is 1. The molecular weight excluding hydrogens is 201 g/mol. The zero-order valence-corrected chi connectivity index (χ0v) is 9.46.